The fourth-order valence-corrected chi connectivity index (χ4v) is 3.55. The molecule has 2 aromatic carbocycles. The van der Waals surface area contributed by atoms with Crippen molar-refractivity contribution < 1.29 is 38.8 Å². The number of nitrogens with zero attached hydrogens (tertiary/aromatic N) is 2. The zero-order valence-corrected chi connectivity index (χ0v) is 20.8. The van der Waals surface area contributed by atoms with Crippen LogP contribution in [0.3, 0.4) is 0 Å². The Bertz CT molecular complexity index is 945. The normalized spacial score (nSPS) is 16.6. The summed E-state index contributed by atoms with van der Waals surface area (Å²) in [5, 5.41) is 25.2. The van der Waals surface area contributed by atoms with Crippen molar-refractivity contribution in [2.45, 2.75) is 26.7 Å². The molecule has 2 N–H and O–H groups in total. The fraction of sp³-hybridized carbons (Fsp3) is 0.462. The van der Waals surface area contributed by atoms with Crippen LogP contribution in [0.25, 0.3) is 0 Å². The lowest BCUT2D eigenvalue weighted by Gasteiger charge is -2.17. The Balaban J connectivity index is 1.67. The Morgan fingerprint density at radius 1 is 0.583 bits per heavy atom. The van der Waals surface area contributed by atoms with Gasteiger partial charge in [0.1, 0.15) is 26.4 Å². The molecular formula is C26H34N2O8. The van der Waals surface area contributed by atoms with E-state index in [2.05, 4.69) is 10.3 Å². The first-order chi connectivity index (χ1) is 17.7. The fourth-order valence-electron chi connectivity index (χ4n) is 3.55. The van der Waals surface area contributed by atoms with Gasteiger partial charge < -0.3 is 38.8 Å². The topological polar surface area (TPSA) is 121 Å². The van der Waals surface area contributed by atoms with Crippen LogP contribution in [0.1, 0.15) is 37.8 Å². The van der Waals surface area contributed by atoms with Crippen molar-refractivity contribution in [1.82, 2.24) is 0 Å². The summed E-state index contributed by atoms with van der Waals surface area (Å²) in [6.45, 7) is 6.46. The van der Waals surface area contributed by atoms with Gasteiger partial charge in [-0.2, -0.15) is 0 Å². The van der Waals surface area contributed by atoms with Gasteiger partial charge in [0.15, 0.2) is 23.0 Å². The predicted molar refractivity (Wildman–Crippen MR) is 134 cm³/mol. The minimum absolute atomic E-state index is 0.296. The van der Waals surface area contributed by atoms with Crippen LogP contribution in [-0.4, -0.2) is 74.7 Å². The minimum Gasteiger partial charge on any atom is -0.487 e. The molecular weight excluding hydrogens is 468 g/mol. The summed E-state index contributed by atoms with van der Waals surface area (Å²) in [5.41, 5.74) is 2.61. The molecule has 10 nitrogen and oxygen atoms in total. The first-order valence-electron chi connectivity index (χ1n) is 12.1. The third kappa shape index (κ3) is 7.76. The summed E-state index contributed by atoms with van der Waals surface area (Å²) >= 11 is 0. The standard InChI is InChI=1S/C26H34N2O8/c1-3-21(27-29)19-5-7-23-25(17-19)35-15-11-32-12-16-36-26-18-20(22(4-2)28-30)6-8-24(26)34-14-10-31-9-13-33-23/h5-8,17-18,29-30H,3-4,9-16H2,1-2H3/b27-21-,28-22+. The second-order valence-electron chi connectivity index (χ2n) is 7.74. The Hall–Kier alpha value is -3.50. The summed E-state index contributed by atoms with van der Waals surface area (Å²) in [6, 6.07) is 10.8. The Kier molecular flexibility index (Phi) is 11.1. The van der Waals surface area contributed by atoms with Gasteiger partial charge in [-0.15, -0.1) is 0 Å². The van der Waals surface area contributed by atoms with Gasteiger partial charge in [0.05, 0.1) is 37.9 Å². The molecule has 0 amide bonds. The molecule has 0 saturated carbocycles. The van der Waals surface area contributed by atoms with E-state index in [1.54, 1.807) is 24.3 Å². The smallest absolute Gasteiger partial charge is 0.161 e. The van der Waals surface area contributed by atoms with Gasteiger partial charge in [-0.05, 0) is 49.2 Å². The molecule has 0 fully saturated rings. The molecule has 196 valence electrons. The highest BCUT2D eigenvalue weighted by molar-refractivity contribution is 6.01. The molecule has 0 aliphatic carbocycles. The number of oxime groups is 2. The molecule has 0 saturated heterocycles. The number of fused-ring (bicyclic) bond motifs is 2. The molecule has 0 spiro atoms. The van der Waals surface area contributed by atoms with Crippen LogP contribution in [0.15, 0.2) is 46.7 Å². The molecule has 0 atom stereocenters. The third-order valence-electron chi connectivity index (χ3n) is 5.41. The van der Waals surface area contributed by atoms with E-state index in [1.807, 2.05) is 26.0 Å². The molecule has 36 heavy (non-hydrogen) atoms. The molecule has 3 rings (SSSR count). The third-order valence-corrected chi connectivity index (χ3v) is 5.41. The molecule has 1 aliphatic rings. The SMILES string of the molecule is CC/C(=N/O)c1ccc2c(c1)OCCOCCOc1cc(/C(CC)=N/O)ccc1OCCOCCO2. The zero-order valence-electron chi connectivity index (χ0n) is 20.8. The number of benzene rings is 2. The quantitative estimate of drug-likeness (QED) is 0.364. The van der Waals surface area contributed by atoms with Gasteiger partial charge in [-0.1, -0.05) is 24.2 Å². The summed E-state index contributed by atoms with van der Waals surface area (Å²) < 4.78 is 34.9. The van der Waals surface area contributed by atoms with Crippen molar-refractivity contribution in [2.24, 2.45) is 10.3 Å². The van der Waals surface area contributed by atoms with E-state index in [9.17, 15) is 10.4 Å². The highest BCUT2D eigenvalue weighted by Gasteiger charge is 2.13. The zero-order chi connectivity index (χ0) is 25.6. The summed E-state index contributed by atoms with van der Waals surface area (Å²) in [6.07, 6.45) is 1.15. The number of rotatable bonds is 4. The average molecular weight is 503 g/mol. The Morgan fingerprint density at radius 3 is 1.28 bits per heavy atom. The lowest BCUT2D eigenvalue weighted by atomic mass is 10.1. The van der Waals surface area contributed by atoms with Gasteiger partial charge in [0, 0.05) is 11.1 Å². The number of hydrogen-bond acceptors (Lipinski definition) is 10. The molecule has 1 heterocycles. The molecule has 1 aliphatic heterocycles. The van der Waals surface area contributed by atoms with Crippen LogP contribution < -0.4 is 18.9 Å². The highest BCUT2D eigenvalue weighted by Crippen LogP contribution is 2.30. The maximum Gasteiger partial charge on any atom is 0.161 e. The first-order valence-corrected chi connectivity index (χ1v) is 12.1. The van der Waals surface area contributed by atoms with Gasteiger partial charge >= 0.3 is 0 Å². The van der Waals surface area contributed by atoms with Crippen LogP contribution in [0.5, 0.6) is 23.0 Å². The highest BCUT2D eigenvalue weighted by atomic mass is 16.6. The van der Waals surface area contributed by atoms with Crippen molar-refractivity contribution in [1.29, 1.82) is 0 Å². The molecule has 0 aromatic heterocycles. The van der Waals surface area contributed by atoms with Crippen LogP contribution in [-0.2, 0) is 9.47 Å². The van der Waals surface area contributed by atoms with E-state index in [1.165, 1.54) is 0 Å². The van der Waals surface area contributed by atoms with Crippen molar-refractivity contribution in [3.05, 3.63) is 47.5 Å². The maximum absolute atomic E-state index is 9.25. The lowest BCUT2D eigenvalue weighted by molar-refractivity contribution is 0.0640. The van der Waals surface area contributed by atoms with Crippen molar-refractivity contribution in [2.75, 3.05) is 52.9 Å². The summed E-state index contributed by atoms with van der Waals surface area (Å²) in [4.78, 5) is 0. The number of ether oxygens (including phenoxy) is 6. The molecule has 0 bridgehead atoms. The van der Waals surface area contributed by atoms with E-state index < -0.39 is 0 Å². The average Bonchev–Trinajstić information content (AvgIpc) is 2.90. The molecule has 0 radical (unpaired) electrons. The van der Waals surface area contributed by atoms with Gasteiger partial charge in [-0.3, -0.25) is 0 Å². The van der Waals surface area contributed by atoms with E-state index >= 15 is 0 Å². The molecule has 2 aromatic rings. The Labute approximate surface area is 211 Å². The number of hydrogen-bond donors (Lipinski definition) is 2. The van der Waals surface area contributed by atoms with Crippen LogP contribution in [0.2, 0.25) is 0 Å². The van der Waals surface area contributed by atoms with Crippen molar-refractivity contribution >= 4 is 11.4 Å². The van der Waals surface area contributed by atoms with Crippen LogP contribution in [0, 0.1) is 0 Å². The first kappa shape index (κ1) is 27.1. The second-order valence-corrected chi connectivity index (χ2v) is 7.74. The predicted octanol–water partition coefficient (Wildman–Crippen LogP) is 4.13. The second kappa shape index (κ2) is 14.8. The maximum atomic E-state index is 9.25. The van der Waals surface area contributed by atoms with E-state index in [-0.39, 0.29) is 0 Å². The van der Waals surface area contributed by atoms with Crippen LogP contribution in [0.4, 0.5) is 0 Å². The van der Waals surface area contributed by atoms with E-state index in [0.29, 0.717) is 100 Å². The monoisotopic (exact) mass is 502 g/mol. The van der Waals surface area contributed by atoms with Crippen LogP contribution >= 0.6 is 0 Å². The summed E-state index contributed by atoms with van der Waals surface area (Å²) in [7, 11) is 0. The van der Waals surface area contributed by atoms with Gasteiger partial charge in [-0.25, -0.2) is 0 Å². The minimum atomic E-state index is 0.296. The van der Waals surface area contributed by atoms with Gasteiger partial charge in [0.2, 0.25) is 0 Å². The van der Waals surface area contributed by atoms with Gasteiger partial charge in [0.25, 0.3) is 0 Å². The molecule has 10 heteroatoms. The van der Waals surface area contributed by atoms with Crippen molar-refractivity contribution in [3.8, 4) is 23.0 Å². The Morgan fingerprint density at radius 2 is 0.944 bits per heavy atom. The van der Waals surface area contributed by atoms with E-state index in [0.717, 1.165) is 11.1 Å². The largest absolute Gasteiger partial charge is 0.487 e. The lowest BCUT2D eigenvalue weighted by Crippen LogP contribution is -2.16. The molecule has 0 unspecified atom stereocenters. The van der Waals surface area contributed by atoms with E-state index in [4.69, 9.17) is 28.4 Å². The van der Waals surface area contributed by atoms with Crippen molar-refractivity contribution in [3.63, 3.8) is 0 Å². The summed E-state index contributed by atoms with van der Waals surface area (Å²) in [5.74, 6) is 2.20.